The number of aromatic amines is 1. The van der Waals surface area contributed by atoms with E-state index in [2.05, 4.69) is 4.98 Å². The molecule has 0 bridgehead atoms. The van der Waals surface area contributed by atoms with E-state index in [-0.39, 0.29) is 5.56 Å². The van der Waals surface area contributed by atoms with Crippen molar-refractivity contribution in [2.45, 2.75) is 0 Å². The van der Waals surface area contributed by atoms with E-state index < -0.39 is 0 Å². The number of hydrogen-bond acceptors (Lipinski definition) is 2. The number of nitrogens with one attached hydrogen (secondary N) is 1. The lowest BCUT2D eigenvalue weighted by atomic mass is 10.1. The largest absolute Gasteiger partial charge is 0.455 e. The Balaban J connectivity index is 2.42. The molecule has 0 unspecified atom stereocenters. The van der Waals surface area contributed by atoms with Gasteiger partial charge in [-0.15, -0.1) is 0 Å². The highest BCUT2D eigenvalue weighted by molar-refractivity contribution is 6.13. The quantitative estimate of drug-likeness (QED) is 0.507. The number of rotatable bonds is 0. The monoisotopic (exact) mass is 235 g/mol. The fourth-order valence-corrected chi connectivity index (χ4v) is 2.44. The normalized spacial score (nSPS) is 11.6. The summed E-state index contributed by atoms with van der Waals surface area (Å²) in [4.78, 5) is 15.0. The molecule has 3 nitrogen and oxygen atoms in total. The van der Waals surface area contributed by atoms with Crippen molar-refractivity contribution in [3.63, 3.8) is 0 Å². The fourth-order valence-electron chi connectivity index (χ4n) is 2.44. The number of hydrogen-bond donors (Lipinski definition) is 1. The molecule has 86 valence electrons. The Morgan fingerprint density at radius 2 is 1.61 bits per heavy atom. The van der Waals surface area contributed by atoms with Crippen LogP contribution in [-0.2, 0) is 0 Å². The first-order valence-electron chi connectivity index (χ1n) is 5.77. The zero-order valence-corrected chi connectivity index (χ0v) is 9.44. The third kappa shape index (κ3) is 1.10. The molecule has 0 atom stereocenters. The number of H-pyrrole nitrogens is 1. The van der Waals surface area contributed by atoms with E-state index in [4.69, 9.17) is 4.42 Å². The van der Waals surface area contributed by atoms with Crippen molar-refractivity contribution in [1.29, 1.82) is 0 Å². The summed E-state index contributed by atoms with van der Waals surface area (Å²) < 4.78 is 5.83. The summed E-state index contributed by atoms with van der Waals surface area (Å²) in [5.74, 6) is 0. The second-order valence-electron chi connectivity index (χ2n) is 4.30. The van der Waals surface area contributed by atoms with Crippen LogP contribution in [-0.4, -0.2) is 4.98 Å². The topological polar surface area (TPSA) is 46.0 Å². The minimum absolute atomic E-state index is 0.103. The van der Waals surface area contributed by atoms with Crippen molar-refractivity contribution in [3.8, 4) is 0 Å². The lowest BCUT2D eigenvalue weighted by molar-refractivity contribution is 0.672. The Hall–Kier alpha value is -2.55. The number of fused-ring (bicyclic) bond motifs is 5. The Morgan fingerprint density at radius 1 is 0.889 bits per heavy atom. The highest BCUT2D eigenvalue weighted by atomic mass is 16.3. The van der Waals surface area contributed by atoms with Gasteiger partial charge in [0.2, 0.25) is 0 Å². The van der Waals surface area contributed by atoms with Gasteiger partial charge in [-0.05, 0) is 18.2 Å². The van der Waals surface area contributed by atoms with Crippen LogP contribution in [0.1, 0.15) is 0 Å². The molecule has 0 saturated heterocycles. The van der Waals surface area contributed by atoms with E-state index in [0.717, 1.165) is 21.9 Å². The Labute approximate surface area is 102 Å². The van der Waals surface area contributed by atoms with Gasteiger partial charge in [0, 0.05) is 10.8 Å². The van der Waals surface area contributed by atoms with Crippen molar-refractivity contribution < 1.29 is 4.42 Å². The fraction of sp³-hybridized carbons (Fsp3) is 0. The zero-order chi connectivity index (χ0) is 12.1. The van der Waals surface area contributed by atoms with Crippen LogP contribution in [0.5, 0.6) is 0 Å². The van der Waals surface area contributed by atoms with Gasteiger partial charge in [0.25, 0.3) is 5.56 Å². The molecular weight excluding hydrogens is 226 g/mol. The highest BCUT2D eigenvalue weighted by Crippen LogP contribution is 2.30. The summed E-state index contributed by atoms with van der Waals surface area (Å²) in [5, 5.41) is 2.42. The van der Waals surface area contributed by atoms with E-state index >= 15 is 0 Å². The molecule has 0 aliphatic rings. The number of aromatic nitrogens is 1. The van der Waals surface area contributed by atoms with E-state index in [1.165, 1.54) is 0 Å². The average molecular weight is 235 g/mol. The predicted molar refractivity (Wildman–Crippen MR) is 71.8 cm³/mol. The molecule has 2 aromatic heterocycles. The summed E-state index contributed by atoms with van der Waals surface area (Å²) in [6, 6.07) is 15.3. The van der Waals surface area contributed by atoms with Crippen molar-refractivity contribution in [3.05, 3.63) is 58.9 Å². The first kappa shape index (κ1) is 9.48. The molecule has 2 aromatic carbocycles. The van der Waals surface area contributed by atoms with Crippen LogP contribution in [0, 0.1) is 0 Å². The number of furan rings is 1. The van der Waals surface area contributed by atoms with Gasteiger partial charge in [0.15, 0.2) is 0 Å². The van der Waals surface area contributed by atoms with E-state index in [0.29, 0.717) is 11.0 Å². The summed E-state index contributed by atoms with van der Waals surface area (Å²) in [6.07, 6.45) is 0. The average Bonchev–Trinajstić information content (AvgIpc) is 2.79. The van der Waals surface area contributed by atoms with Crippen LogP contribution >= 0.6 is 0 Å². The lowest BCUT2D eigenvalue weighted by Crippen LogP contribution is -2.04. The van der Waals surface area contributed by atoms with E-state index in [1.807, 2.05) is 48.5 Å². The minimum Gasteiger partial charge on any atom is -0.455 e. The Bertz CT molecular complexity index is 947. The molecule has 4 rings (SSSR count). The van der Waals surface area contributed by atoms with Crippen molar-refractivity contribution in [2.75, 3.05) is 0 Å². The van der Waals surface area contributed by atoms with Gasteiger partial charge < -0.3 is 9.40 Å². The molecule has 2 heterocycles. The third-order valence-electron chi connectivity index (χ3n) is 3.24. The summed E-state index contributed by atoms with van der Waals surface area (Å²) in [6.45, 7) is 0. The standard InChI is InChI=1S/C15H9NO2/c17-15-13-10-6-2-4-8-12(10)18-14(13)9-5-1-3-7-11(9)16-15/h1-8H,(H,16,17). The maximum atomic E-state index is 12.2. The van der Waals surface area contributed by atoms with Gasteiger partial charge in [-0.3, -0.25) is 4.79 Å². The number of pyridine rings is 1. The summed E-state index contributed by atoms with van der Waals surface area (Å²) >= 11 is 0. The van der Waals surface area contributed by atoms with E-state index in [1.54, 1.807) is 0 Å². The molecule has 4 aromatic rings. The molecule has 0 aliphatic carbocycles. The first-order valence-corrected chi connectivity index (χ1v) is 5.77. The second-order valence-corrected chi connectivity index (χ2v) is 4.30. The minimum atomic E-state index is -0.103. The lowest BCUT2D eigenvalue weighted by Gasteiger charge is -1.97. The van der Waals surface area contributed by atoms with Gasteiger partial charge in [0.1, 0.15) is 11.2 Å². The van der Waals surface area contributed by atoms with Gasteiger partial charge in [-0.1, -0.05) is 30.3 Å². The molecular formula is C15H9NO2. The summed E-state index contributed by atoms with van der Waals surface area (Å²) in [5.41, 5.74) is 2.10. The first-order chi connectivity index (χ1) is 8.84. The van der Waals surface area contributed by atoms with Crippen molar-refractivity contribution in [2.24, 2.45) is 0 Å². The second kappa shape index (κ2) is 3.23. The third-order valence-corrected chi connectivity index (χ3v) is 3.24. The molecule has 0 amide bonds. The van der Waals surface area contributed by atoms with Gasteiger partial charge in [-0.2, -0.15) is 0 Å². The van der Waals surface area contributed by atoms with Crippen molar-refractivity contribution >= 4 is 32.8 Å². The Kier molecular flexibility index (Phi) is 1.70. The smallest absolute Gasteiger partial charge is 0.260 e. The van der Waals surface area contributed by atoms with Crippen molar-refractivity contribution in [1.82, 2.24) is 4.98 Å². The predicted octanol–water partition coefficient (Wildman–Crippen LogP) is 3.43. The van der Waals surface area contributed by atoms with Gasteiger partial charge >= 0.3 is 0 Å². The molecule has 0 aliphatic heterocycles. The van der Waals surface area contributed by atoms with Crippen LogP contribution in [0.3, 0.4) is 0 Å². The molecule has 0 spiro atoms. The number of benzene rings is 2. The molecule has 0 fully saturated rings. The SMILES string of the molecule is O=c1[nH]c2ccccc2c2oc3ccccc3c12. The van der Waals surface area contributed by atoms with Crippen LogP contribution in [0.15, 0.2) is 57.7 Å². The molecule has 18 heavy (non-hydrogen) atoms. The Morgan fingerprint density at radius 3 is 2.50 bits per heavy atom. The van der Waals surface area contributed by atoms with Crippen LogP contribution in [0.25, 0.3) is 32.8 Å². The zero-order valence-electron chi connectivity index (χ0n) is 9.44. The molecule has 3 heteroatoms. The van der Waals surface area contributed by atoms with Crippen LogP contribution in [0.2, 0.25) is 0 Å². The summed E-state index contributed by atoms with van der Waals surface area (Å²) in [7, 11) is 0. The van der Waals surface area contributed by atoms with Gasteiger partial charge in [-0.25, -0.2) is 0 Å². The number of para-hydroxylation sites is 2. The van der Waals surface area contributed by atoms with Crippen LogP contribution < -0.4 is 5.56 Å². The molecule has 1 N–H and O–H groups in total. The maximum absolute atomic E-state index is 12.2. The van der Waals surface area contributed by atoms with Crippen LogP contribution in [0.4, 0.5) is 0 Å². The highest BCUT2D eigenvalue weighted by Gasteiger charge is 2.12. The molecule has 0 radical (unpaired) electrons. The maximum Gasteiger partial charge on any atom is 0.260 e. The molecule has 0 saturated carbocycles. The van der Waals surface area contributed by atoms with E-state index in [9.17, 15) is 4.79 Å². The van der Waals surface area contributed by atoms with Gasteiger partial charge in [0.05, 0.1) is 10.9 Å².